The van der Waals surface area contributed by atoms with Crippen molar-refractivity contribution < 1.29 is 9.47 Å². The summed E-state index contributed by atoms with van der Waals surface area (Å²) in [6, 6.07) is 0. The molecule has 0 aliphatic carbocycles. The molecule has 2 N–H and O–H groups in total. The molecule has 13 heavy (non-hydrogen) atoms. The lowest BCUT2D eigenvalue weighted by atomic mass is 9.77. The van der Waals surface area contributed by atoms with Crippen molar-refractivity contribution in [2.75, 3.05) is 19.8 Å². The largest absolute Gasteiger partial charge is 0.378 e. The molecule has 1 aliphatic heterocycles. The summed E-state index contributed by atoms with van der Waals surface area (Å²) in [7, 11) is 0. The van der Waals surface area contributed by atoms with Crippen molar-refractivity contribution >= 4 is 0 Å². The quantitative estimate of drug-likeness (QED) is 0.721. The van der Waals surface area contributed by atoms with E-state index in [1.54, 1.807) is 0 Å². The minimum atomic E-state index is -0.291. The summed E-state index contributed by atoms with van der Waals surface area (Å²) in [6.07, 6.45) is 0.199. The third-order valence-corrected chi connectivity index (χ3v) is 2.82. The number of ether oxygens (including phenoxy) is 2. The zero-order valence-electron chi connectivity index (χ0n) is 9.09. The highest BCUT2D eigenvalue weighted by Crippen LogP contribution is 2.40. The van der Waals surface area contributed by atoms with Crippen LogP contribution in [0.1, 0.15) is 27.7 Å². The van der Waals surface area contributed by atoms with Crippen LogP contribution in [0.15, 0.2) is 0 Å². The van der Waals surface area contributed by atoms with Crippen molar-refractivity contribution in [3.05, 3.63) is 0 Å². The fourth-order valence-electron chi connectivity index (χ4n) is 1.83. The zero-order valence-corrected chi connectivity index (χ0v) is 9.09. The molecule has 3 nitrogen and oxygen atoms in total. The minimum absolute atomic E-state index is 0.0199. The van der Waals surface area contributed by atoms with E-state index in [2.05, 4.69) is 13.8 Å². The molecule has 1 atom stereocenters. The number of hydrogen-bond donors (Lipinski definition) is 1. The highest BCUT2D eigenvalue weighted by atomic mass is 16.6. The Labute approximate surface area is 80.6 Å². The van der Waals surface area contributed by atoms with Crippen molar-refractivity contribution in [3.63, 3.8) is 0 Å². The molecule has 1 rings (SSSR count). The van der Waals surface area contributed by atoms with Gasteiger partial charge in [0.1, 0.15) is 5.60 Å². The molecule has 0 aromatic carbocycles. The molecule has 1 fully saturated rings. The maximum atomic E-state index is 5.91. The van der Waals surface area contributed by atoms with Gasteiger partial charge in [0.2, 0.25) is 0 Å². The van der Waals surface area contributed by atoms with Gasteiger partial charge in [0.15, 0.2) is 0 Å². The molecule has 0 aromatic rings. The number of rotatable bonds is 3. The Hall–Kier alpha value is -0.120. The molecular formula is C10H21NO2. The van der Waals surface area contributed by atoms with E-state index in [1.807, 2.05) is 13.8 Å². The van der Waals surface area contributed by atoms with E-state index in [9.17, 15) is 0 Å². The molecule has 0 amide bonds. The first-order valence-electron chi connectivity index (χ1n) is 4.89. The Morgan fingerprint density at radius 2 is 2.00 bits per heavy atom. The van der Waals surface area contributed by atoms with Crippen LogP contribution < -0.4 is 5.73 Å². The van der Waals surface area contributed by atoms with E-state index in [0.29, 0.717) is 13.2 Å². The Balaban J connectivity index is 2.79. The normalized spacial score (nSPS) is 32.8. The molecule has 1 aliphatic rings. The number of nitrogens with two attached hydrogens (primary N) is 1. The monoisotopic (exact) mass is 187 g/mol. The predicted octanol–water partition coefficient (Wildman–Crippen LogP) is 1.17. The van der Waals surface area contributed by atoms with Gasteiger partial charge < -0.3 is 15.2 Å². The van der Waals surface area contributed by atoms with Crippen LogP contribution in [0.3, 0.4) is 0 Å². The second-order valence-corrected chi connectivity index (χ2v) is 4.74. The van der Waals surface area contributed by atoms with Gasteiger partial charge in [-0.3, -0.25) is 0 Å². The van der Waals surface area contributed by atoms with E-state index in [-0.39, 0.29) is 17.1 Å². The SMILES string of the molecule is CC(C)OC1(CN)COCC1(C)C. The first-order chi connectivity index (χ1) is 5.93. The van der Waals surface area contributed by atoms with Crippen LogP contribution in [-0.4, -0.2) is 31.5 Å². The molecule has 78 valence electrons. The molecule has 1 heterocycles. The molecule has 0 spiro atoms. The van der Waals surface area contributed by atoms with Crippen LogP contribution in [0.2, 0.25) is 0 Å². The maximum absolute atomic E-state index is 5.91. The van der Waals surface area contributed by atoms with Gasteiger partial charge in [0.25, 0.3) is 0 Å². The van der Waals surface area contributed by atoms with Crippen LogP contribution in [0, 0.1) is 5.41 Å². The fraction of sp³-hybridized carbons (Fsp3) is 1.00. The molecule has 1 saturated heterocycles. The molecule has 0 saturated carbocycles. The highest BCUT2D eigenvalue weighted by molar-refractivity contribution is 5.00. The van der Waals surface area contributed by atoms with Gasteiger partial charge in [-0.2, -0.15) is 0 Å². The predicted molar refractivity (Wildman–Crippen MR) is 52.6 cm³/mol. The first kappa shape index (κ1) is 11.0. The van der Waals surface area contributed by atoms with Crippen molar-refractivity contribution in [1.29, 1.82) is 0 Å². The van der Waals surface area contributed by atoms with Crippen LogP contribution in [0.25, 0.3) is 0 Å². The summed E-state index contributed by atoms with van der Waals surface area (Å²) in [5.41, 5.74) is 5.52. The molecule has 1 unspecified atom stereocenters. The summed E-state index contributed by atoms with van der Waals surface area (Å²) >= 11 is 0. The summed E-state index contributed by atoms with van der Waals surface area (Å²) < 4.78 is 11.4. The zero-order chi connectivity index (χ0) is 10.1. The van der Waals surface area contributed by atoms with Crippen molar-refractivity contribution in [2.24, 2.45) is 11.1 Å². The smallest absolute Gasteiger partial charge is 0.111 e. The third kappa shape index (κ3) is 1.87. The van der Waals surface area contributed by atoms with Gasteiger partial charge in [-0.05, 0) is 13.8 Å². The second-order valence-electron chi connectivity index (χ2n) is 4.74. The lowest BCUT2D eigenvalue weighted by molar-refractivity contribution is -0.119. The Bertz CT molecular complexity index is 180. The van der Waals surface area contributed by atoms with Gasteiger partial charge >= 0.3 is 0 Å². The maximum Gasteiger partial charge on any atom is 0.111 e. The van der Waals surface area contributed by atoms with Gasteiger partial charge in [-0.15, -0.1) is 0 Å². The van der Waals surface area contributed by atoms with E-state index < -0.39 is 0 Å². The van der Waals surface area contributed by atoms with Crippen LogP contribution in [-0.2, 0) is 9.47 Å². The summed E-state index contributed by atoms with van der Waals surface area (Å²) in [5, 5.41) is 0. The Morgan fingerprint density at radius 3 is 2.31 bits per heavy atom. The topological polar surface area (TPSA) is 44.5 Å². The molecular weight excluding hydrogens is 166 g/mol. The van der Waals surface area contributed by atoms with Gasteiger partial charge in [0, 0.05) is 12.0 Å². The van der Waals surface area contributed by atoms with Crippen LogP contribution in [0.4, 0.5) is 0 Å². The van der Waals surface area contributed by atoms with Crippen LogP contribution in [0.5, 0.6) is 0 Å². The van der Waals surface area contributed by atoms with Crippen molar-refractivity contribution in [1.82, 2.24) is 0 Å². The summed E-state index contributed by atoms with van der Waals surface area (Å²) in [5.74, 6) is 0. The van der Waals surface area contributed by atoms with E-state index in [0.717, 1.165) is 6.61 Å². The molecule has 3 heteroatoms. The van der Waals surface area contributed by atoms with Gasteiger partial charge in [0.05, 0.1) is 19.3 Å². The highest BCUT2D eigenvalue weighted by Gasteiger charge is 2.50. The standard InChI is InChI=1S/C10H21NO2/c1-8(2)13-10(5-11)7-12-6-9(10,3)4/h8H,5-7,11H2,1-4H3. The number of hydrogen-bond acceptors (Lipinski definition) is 3. The molecule has 0 radical (unpaired) electrons. The fourth-order valence-corrected chi connectivity index (χ4v) is 1.83. The van der Waals surface area contributed by atoms with E-state index in [1.165, 1.54) is 0 Å². The minimum Gasteiger partial charge on any atom is -0.378 e. The van der Waals surface area contributed by atoms with Crippen molar-refractivity contribution in [2.45, 2.75) is 39.4 Å². The average Bonchev–Trinajstić information content (AvgIpc) is 2.27. The summed E-state index contributed by atoms with van der Waals surface area (Å²) in [4.78, 5) is 0. The average molecular weight is 187 g/mol. The third-order valence-electron chi connectivity index (χ3n) is 2.82. The first-order valence-corrected chi connectivity index (χ1v) is 4.89. The lowest BCUT2D eigenvalue weighted by Gasteiger charge is -2.39. The molecule has 0 aromatic heterocycles. The van der Waals surface area contributed by atoms with E-state index in [4.69, 9.17) is 15.2 Å². The second kappa shape index (κ2) is 3.56. The summed E-state index contributed by atoms with van der Waals surface area (Å²) in [6.45, 7) is 10.2. The van der Waals surface area contributed by atoms with Gasteiger partial charge in [-0.25, -0.2) is 0 Å². The lowest BCUT2D eigenvalue weighted by Crippen LogP contribution is -2.53. The molecule has 0 bridgehead atoms. The Morgan fingerprint density at radius 1 is 1.38 bits per heavy atom. The Kier molecular flexibility index (Phi) is 3.00. The van der Waals surface area contributed by atoms with Crippen LogP contribution >= 0.6 is 0 Å². The van der Waals surface area contributed by atoms with Gasteiger partial charge in [-0.1, -0.05) is 13.8 Å². The van der Waals surface area contributed by atoms with Crippen molar-refractivity contribution in [3.8, 4) is 0 Å². The van der Waals surface area contributed by atoms with E-state index >= 15 is 0 Å².